The second kappa shape index (κ2) is 10.7. The number of rotatable bonds is 8. The van der Waals surface area contributed by atoms with Gasteiger partial charge in [0.2, 0.25) is 0 Å². The third-order valence-corrected chi connectivity index (χ3v) is 5.08. The van der Waals surface area contributed by atoms with Crippen LogP contribution in [-0.2, 0) is 6.61 Å². The van der Waals surface area contributed by atoms with Crippen molar-refractivity contribution >= 4 is 11.7 Å². The molecule has 2 amide bonds. The van der Waals surface area contributed by atoms with Crippen LogP contribution in [-0.4, -0.2) is 69.2 Å². The Kier molecular flexibility index (Phi) is 7.76. The van der Waals surface area contributed by atoms with Gasteiger partial charge in [0.1, 0.15) is 12.4 Å². The SMILES string of the molecule is CN(C)CCCNC(=O)N1CCN(c2ccc(OCc3ccccc3)cc2)CC1. The van der Waals surface area contributed by atoms with Crippen molar-refractivity contribution in [2.24, 2.45) is 0 Å². The van der Waals surface area contributed by atoms with E-state index in [-0.39, 0.29) is 6.03 Å². The van der Waals surface area contributed by atoms with Crippen molar-refractivity contribution in [3.05, 3.63) is 60.2 Å². The number of carbonyl (C=O) groups excluding carboxylic acids is 1. The summed E-state index contributed by atoms with van der Waals surface area (Å²) in [5, 5.41) is 3.02. The van der Waals surface area contributed by atoms with E-state index < -0.39 is 0 Å². The van der Waals surface area contributed by atoms with Gasteiger partial charge in [-0.25, -0.2) is 4.79 Å². The summed E-state index contributed by atoms with van der Waals surface area (Å²) in [5.74, 6) is 0.869. The molecule has 0 spiro atoms. The van der Waals surface area contributed by atoms with E-state index >= 15 is 0 Å². The van der Waals surface area contributed by atoms with Gasteiger partial charge >= 0.3 is 6.03 Å². The molecule has 0 aliphatic carbocycles. The Balaban J connectivity index is 1.40. The highest BCUT2D eigenvalue weighted by molar-refractivity contribution is 5.74. The molecule has 2 aromatic carbocycles. The molecule has 1 N–H and O–H groups in total. The number of nitrogens with zero attached hydrogens (tertiary/aromatic N) is 3. The fourth-order valence-corrected chi connectivity index (χ4v) is 3.36. The molecule has 0 atom stereocenters. The smallest absolute Gasteiger partial charge is 0.317 e. The summed E-state index contributed by atoms with van der Waals surface area (Å²) in [5.41, 5.74) is 2.33. The van der Waals surface area contributed by atoms with Gasteiger partial charge < -0.3 is 24.8 Å². The molecule has 1 aliphatic heterocycles. The third-order valence-electron chi connectivity index (χ3n) is 5.08. The van der Waals surface area contributed by atoms with Crippen LogP contribution in [0.15, 0.2) is 54.6 Å². The fraction of sp³-hybridized carbons (Fsp3) is 0.435. The molecule has 3 rings (SSSR count). The van der Waals surface area contributed by atoms with Crippen molar-refractivity contribution in [3.8, 4) is 5.75 Å². The molecule has 0 bridgehead atoms. The molecular formula is C23H32N4O2. The molecule has 1 aliphatic rings. The Morgan fingerprint density at radius 2 is 1.69 bits per heavy atom. The standard InChI is InChI=1S/C23H32N4O2/c1-25(2)14-6-13-24-23(28)27-17-15-26(16-18-27)21-9-11-22(12-10-21)29-19-20-7-4-3-5-8-20/h3-5,7-12H,6,13-19H2,1-2H3,(H,24,28). The summed E-state index contributed by atoms with van der Waals surface area (Å²) < 4.78 is 5.86. The molecule has 0 saturated carbocycles. The highest BCUT2D eigenvalue weighted by Crippen LogP contribution is 2.21. The molecule has 1 heterocycles. The maximum atomic E-state index is 12.3. The van der Waals surface area contributed by atoms with Gasteiger partial charge in [0.05, 0.1) is 0 Å². The van der Waals surface area contributed by atoms with Crippen LogP contribution in [0.25, 0.3) is 0 Å². The molecule has 1 fully saturated rings. The predicted molar refractivity (Wildman–Crippen MR) is 118 cm³/mol. The van der Waals surface area contributed by atoms with Crippen LogP contribution < -0.4 is 15.0 Å². The first-order valence-electron chi connectivity index (χ1n) is 10.3. The Morgan fingerprint density at radius 3 is 2.34 bits per heavy atom. The normalized spacial score (nSPS) is 14.2. The van der Waals surface area contributed by atoms with E-state index in [2.05, 4.69) is 39.4 Å². The maximum Gasteiger partial charge on any atom is 0.317 e. The fourth-order valence-electron chi connectivity index (χ4n) is 3.36. The van der Waals surface area contributed by atoms with Crippen LogP contribution in [0.4, 0.5) is 10.5 Å². The molecule has 6 nitrogen and oxygen atoms in total. The van der Waals surface area contributed by atoms with Crippen molar-refractivity contribution in [1.29, 1.82) is 0 Å². The zero-order valence-electron chi connectivity index (χ0n) is 17.5. The average Bonchev–Trinajstić information content (AvgIpc) is 2.76. The van der Waals surface area contributed by atoms with E-state index in [0.717, 1.165) is 57.0 Å². The number of amides is 2. The molecule has 1 saturated heterocycles. The molecular weight excluding hydrogens is 364 g/mol. The Labute approximate surface area is 174 Å². The second-order valence-corrected chi connectivity index (χ2v) is 7.63. The van der Waals surface area contributed by atoms with Crippen molar-refractivity contribution in [3.63, 3.8) is 0 Å². The Hall–Kier alpha value is -2.73. The zero-order valence-corrected chi connectivity index (χ0v) is 17.5. The zero-order chi connectivity index (χ0) is 20.5. The lowest BCUT2D eigenvalue weighted by Crippen LogP contribution is -2.52. The van der Waals surface area contributed by atoms with E-state index in [0.29, 0.717) is 6.61 Å². The molecule has 2 aromatic rings. The summed E-state index contributed by atoms with van der Waals surface area (Å²) in [7, 11) is 4.09. The van der Waals surface area contributed by atoms with Gasteiger partial charge in [-0.3, -0.25) is 0 Å². The Morgan fingerprint density at radius 1 is 1.00 bits per heavy atom. The first kappa shape index (κ1) is 21.0. The summed E-state index contributed by atoms with van der Waals surface area (Å²) in [4.78, 5) is 18.6. The Bertz CT molecular complexity index is 741. The van der Waals surface area contributed by atoms with Crippen molar-refractivity contribution < 1.29 is 9.53 Å². The van der Waals surface area contributed by atoms with Crippen LogP contribution in [0, 0.1) is 0 Å². The molecule has 0 aromatic heterocycles. The van der Waals surface area contributed by atoms with Gasteiger partial charge in [-0.05, 0) is 56.9 Å². The molecule has 0 radical (unpaired) electrons. The maximum absolute atomic E-state index is 12.3. The number of urea groups is 1. The summed E-state index contributed by atoms with van der Waals surface area (Å²) in [6, 6.07) is 18.4. The minimum Gasteiger partial charge on any atom is -0.489 e. The van der Waals surface area contributed by atoms with Crippen molar-refractivity contribution in [2.75, 3.05) is 58.3 Å². The highest BCUT2D eigenvalue weighted by atomic mass is 16.5. The van der Waals surface area contributed by atoms with Gasteiger partial charge in [-0.15, -0.1) is 0 Å². The van der Waals surface area contributed by atoms with E-state index in [4.69, 9.17) is 4.74 Å². The largest absolute Gasteiger partial charge is 0.489 e. The van der Waals surface area contributed by atoms with E-state index in [1.54, 1.807) is 0 Å². The molecule has 29 heavy (non-hydrogen) atoms. The lowest BCUT2D eigenvalue weighted by Gasteiger charge is -2.36. The van der Waals surface area contributed by atoms with Gasteiger partial charge in [0, 0.05) is 38.4 Å². The lowest BCUT2D eigenvalue weighted by molar-refractivity contribution is 0.194. The molecule has 6 heteroatoms. The lowest BCUT2D eigenvalue weighted by atomic mass is 10.2. The first-order chi connectivity index (χ1) is 14.1. The summed E-state index contributed by atoms with van der Waals surface area (Å²) in [6.07, 6.45) is 0.970. The van der Waals surface area contributed by atoms with Gasteiger partial charge in [0.15, 0.2) is 0 Å². The van der Waals surface area contributed by atoms with Gasteiger partial charge in [-0.1, -0.05) is 30.3 Å². The van der Waals surface area contributed by atoms with Crippen LogP contribution in [0.2, 0.25) is 0 Å². The summed E-state index contributed by atoms with van der Waals surface area (Å²) >= 11 is 0. The van der Waals surface area contributed by atoms with Crippen LogP contribution in [0.5, 0.6) is 5.75 Å². The number of hydrogen-bond acceptors (Lipinski definition) is 4. The topological polar surface area (TPSA) is 48.1 Å². The predicted octanol–water partition coefficient (Wildman–Crippen LogP) is 3.05. The quantitative estimate of drug-likeness (QED) is 0.697. The molecule has 0 unspecified atom stereocenters. The van der Waals surface area contributed by atoms with Crippen LogP contribution >= 0.6 is 0 Å². The van der Waals surface area contributed by atoms with Crippen LogP contribution in [0.3, 0.4) is 0 Å². The summed E-state index contributed by atoms with van der Waals surface area (Å²) in [6.45, 7) is 5.45. The van der Waals surface area contributed by atoms with E-state index in [1.807, 2.05) is 49.3 Å². The highest BCUT2D eigenvalue weighted by Gasteiger charge is 2.21. The van der Waals surface area contributed by atoms with Crippen molar-refractivity contribution in [1.82, 2.24) is 15.1 Å². The van der Waals surface area contributed by atoms with E-state index in [1.165, 1.54) is 5.69 Å². The second-order valence-electron chi connectivity index (χ2n) is 7.63. The first-order valence-corrected chi connectivity index (χ1v) is 10.3. The van der Waals surface area contributed by atoms with E-state index in [9.17, 15) is 4.79 Å². The van der Waals surface area contributed by atoms with Crippen LogP contribution in [0.1, 0.15) is 12.0 Å². The third kappa shape index (κ3) is 6.68. The minimum atomic E-state index is 0.0491. The monoisotopic (exact) mass is 396 g/mol. The number of nitrogens with one attached hydrogen (secondary N) is 1. The average molecular weight is 397 g/mol. The van der Waals surface area contributed by atoms with Gasteiger partial charge in [-0.2, -0.15) is 0 Å². The molecule has 156 valence electrons. The number of benzene rings is 2. The number of hydrogen-bond donors (Lipinski definition) is 1. The number of piperazine rings is 1. The number of anilines is 1. The van der Waals surface area contributed by atoms with Gasteiger partial charge in [0.25, 0.3) is 0 Å². The van der Waals surface area contributed by atoms with Crippen molar-refractivity contribution in [2.45, 2.75) is 13.0 Å². The number of carbonyl (C=O) groups is 1. The minimum absolute atomic E-state index is 0.0491. The number of ether oxygens (including phenoxy) is 1.